The summed E-state index contributed by atoms with van der Waals surface area (Å²) < 4.78 is 5.41. The Kier molecular flexibility index (Phi) is 4.88. The van der Waals surface area contributed by atoms with E-state index in [1.165, 1.54) is 0 Å². The molecular weight excluding hydrogens is 264 g/mol. The second-order valence-electron chi connectivity index (χ2n) is 5.13. The van der Waals surface area contributed by atoms with Crippen LogP contribution in [0.5, 0.6) is 5.75 Å². The SMILES string of the molecule is CC(C)C(=O)COc1ccc(C(=O)c2ccccc2)cc1. The zero-order valence-electron chi connectivity index (χ0n) is 12.2. The number of benzene rings is 2. The van der Waals surface area contributed by atoms with E-state index in [9.17, 15) is 9.59 Å². The van der Waals surface area contributed by atoms with E-state index in [1.807, 2.05) is 32.0 Å². The molecule has 0 N–H and O–H groups in total. The lowest BCUT2D eigenvalue weighted by Gasteiger charge is -2.08. The number of hydrogen-bond acceptors (Lipinski definition) is 3. The molecule has 0 aliphatic carbocycles. The normalized spacial score (nSPS) is 10.4. The Morgan fingerprint density at radius 2 is 1.48 bits per heavy atom. The van der Waals surface area contributed by atoms with Gasteiger partial charge in [-0.25, -0.2) is 0 Å². The summed E-state index contributed by atoms with van der Waals surface area (Å²) in [4.78, 5) is 23.7. The van der Waals surface area contributed by atoms with E-state index < -0.39 is 0 Å². The average molecular weight is 282 g/mol. The summed E-state index contributed by atoms with van der Waals surface area (Å²) in [6, 6.07) is 16.0. The molecule has 0 amide bonds. The van der Waals surface area contributed by atoms with E-state index in [2.05, 4.69) is 0 Å². The van der Waals surface area contributed by atoms with Gasteiger partial charge in [0.2, 0.25) is 0 Å². The minimum absolute atomic E-state index is 0.0274. The van der Waals surface area contributed by atoms with E-state index in [4.69, 9.17) is 4.74 Å². The lowest BCUT2D eigenvalue weighted by Crippen LogP contribution is -2.16. The predicted octanol–water partition coefficient (Wildman–Crippen LogP) is 3.52. The molecule has 108 valence electrons. The Bertz CT molecular complexity index is 613. The van der Waals surface area contributed by atoms with Crippen LogP contribution in [0.25, 0.3) is 0 Å². The maximum atomic E-state index is 12.2. The Hall–Kier alpha value is -2.42. The molecule has 0 unspecified atom stereocenters. The Labute approximate surface area is 124 Å². The van der Waals surface area contributed by atoms with Gasteiger partial charge in [0, 0.05) is 17.0 Å². The van der Waals surface area contributed by atoms with Crippen molar-refractivity contribution in [1.82, 2.24) is 0 Å². The molecule has 3 nitrogen and oxygen atoms in total. The highest BCUT2D eigenvalue weighted by Crippen LogP contribution is 2.15. The third-order valence-electron chi connectivity index (χ3n) is 3.18. The summed E-state index contributed by atoms with van der Waals surface area (Å²) in [5.41, 5.74) is 1.25. The fourth-order valence-electron chi connectivity index (χ4n) is 1.78. The smallest absolute Gasteiger partial charge is 0.193 e. The number of ether oxygens (including phenoxy) is 1. The molecule has 0 aliphatic rings. The predicted molar refractivity (Wildman–Crippen MR) is 81.7 cm³/mol. The van der Waals surface area contributed by atoms with Gasteiger partial charge in [0.05, 0.1) is 0 Å². The van der Waals surface area contributed by atoms with Crippen LogP contribution in [0.1, 0.15) is 29.8 Å². The van der Waals surface area contributed by atoms with Gasteiger partial charge in [0.1, 0.15) is 12.4 Å². The Morgan fingerprint density at radius 1 is 0.905 bits per heavy atom. The van der Waals surface area contributed by atoms with Gasteiger partial charge in [-0.1, -0.05) is 44.2 Å². The molecule has 0 saturated heterocycles. The average Bonchev–Trinajstić information content (AvgIpc) is 2.53. The van der Waals surface area contributed by atoms with Crippen molar-refractivity contribution >= 4 is 11.6 Å². The second kappa shape index (κ2) is 6.84. The fraction of sp³-hybridized carbons (Fsp3) is 0.222. The maximum Gasteiger partial charge on any atom is 0.193 e. The molecule has 0 aliphatic heterocycles. The van der Waals surface area contributed by atoms with Gasteiger partial charge < -0.3 is 4.74 Å². The van der Waals surface area contributed by atoms with E-state index in [0.717, 1.165) is 0 Å². The van der Waals surface area contributed by atoms with Gasteiger partial charge in [-0.05, 0) is 24.3 Å². The van der Waals surface area contributed by atoms with Crippen molar-refractivity contribution in [3.63, 3.8) is 0 Å². The number of carbonyl (C=O) groups is 2. The molecular formula is C18H18O3. The highest BCUT2D eigenvalue weighted by molar-refractivity contribution is 6.08. The van der Waals surface area contributed by atoms with E-state index in [1.54, 1.807) is 36.4 Å². The van der Waals surface area contributed by atoms with Crippen molar-refractivity contribution in [3.8, 4) is 5.75 Å². The van der Waals surface area contributed by atoms with Crippen LogP contribution in [-0.4, -0.2) is 18.2 Å². The summed E-state index contributed by atoms with van der Waals surface area (Å²) in [6.45, 7) is 3.74. The second-order valence-corrected chi connectivity index (χ2v) is 5.13. The zero-order valence-corrected chi connectivity index (χ0v) is 12.2. The molecule has 0 radical (unpaired) electrons. The third-order valence-corrected chi connectivity index (χ3v) is 3.18. The lowest BCUT2D eigenvalue weighted by atomic mass is 10.0. The highest BCUT2D eigenvalue weighted by atomic mass is 16.5. The molecule has 2 rings (SSSR count). The van der Waals surface area contributed by atoms with Crippen molar-refractivity contribution in [2.45, 2.75) is 13.8 Å². The van der Waals surface area contributed by atoms with Crippen LogP contribution < -0.4 is 4.74 Å². The van der Waals surface area contributed by atoms with Crippen molar-refractivity contribution in [3.05, 3.63) is 65.7 Å². The first-order valence-corrected chi connectivity index (χ1v) is 6.93. The Morgan fingerprint density at radius 3 is 2.05 bits per heavy atom. The van der Waals surface area contributed by atoms with Crippen LogP contribution in [0.2, 0.25) is 0 Å². The van der Waals surface area contributed by atoms with E-state index in [0.29, 0.717) is 16.9 Å². The molecule has 0 saturated carbocycles. The van der Waals surface area contributed by atoms with Gasteiger partial charge in [-0.2, -0.15) is 0 Å². The molecule has 2 aromatic carbocycles. The Balaban J connectivity index is 2.02. The van der Waals surface area contributed by atoms with Crippen LogP contribution in [0, 0.1) is 5.92 Å². The monoisotopic (exact) mass is 282 g/mol. The molecule has 0 atom stereocenters. The van der Waals surface area contributed by atoms with E-state index >= 15 is 0 Å². The summed E-state index contributed by atoms with van der Waals surface area (Å²) in [6.07, 6.45) is 0. The minimum atomic E-state index is -0.0380. The highest BCUT2D eigenvalue weighted by Gasteiger charge is 2.10. The minimum Gasteiger partial charge on any atom is -0.486 e. The van der Waals surface area contributed by atoms with Gasteiger partial charge >= 0.3 is 0 Å². The van der Waals surface area contributed by atoms with Gasteiger partial charge in [0.25, 0.3) is 0 Å². The first kappa shape index (κ1) is 15.0. The molecule has 0 bridgehead atoms. The van der Waals surface area contributed by atoms with Crippen molar-refractivity contribution in [2.75, 3.05) is 6.61 Å². The van der Waals surface area contributed by atoms with Crippen molar-refractivity contribution in [2.24, 2.45) is 5.92 Å². The lowest BCUT2D eigenvalue weighted by molar-refractivity contribution is -0.123. The van der Waals surface area contributed by atoms with E-state index in [-0.39, 0.29) is 24.1 Å². The van der Waals surface area contributed by atoms with Crippen LogP contribution >= 0.6 is 0 Å². The standard InChI is InChI=1S/C18H18O3/c1-13(2)17(19)12-21-16-10-8-15(9-11-16)18(20)14-6-4-3-5-7-14/h3-11,13H,12H2,1-2H3. The van der Waals surface area contributed by atoms with Gasteiger partial charge in [-0.15, -0.1) is 0 Å². The van der Waals surface area contributed by atoms with Crippen LogP contribution in [0.3, 0.4) is 0 Å². The van der Waals surface area contributed by atoms with Crippen LogP contribution in [0.4, 0.5) is 0 Å². The fourth-order valence-corrected chi connectivity index (χ4v) is 1.78. The largest absolute Gasteiger partial charge is 0.486 e. The quantitative estimate of drug-likeness (QED) is 0.761. The molecule has 3 heteroatoms. The number of ketones is 2. The summed E-state index contributed by atoms with van der Waals surface area (Å²) in [5.74, 6) is 0.581. The summed E-state index contributed by atoms with van der Waals surface area (Å²) in [5, 5.41) is 0. The number of hydrogen-bond donors (Lipinski definition) is 0. The number of carbonyl (C=O) groups excluding carboxylic acids is 2. The summed E-state index contributed by atoms with van der Waals surface area (Å²) >= 11 is 0. The topological polar surface area (TPSA) is 43.4 Å². The maximum absolute atomic E-state index is 12.2. The van der Waals surface area contributed by atoms with Crippen LogP contribution in [0.15, 0.2) is 54.6 Å². The van der Waals surface area contributed by atoms with Crippen LogP contribution in [-0.2, 0) is 4.79 Å². The number of rotatable bonds is 6. The van der Waals surface area contributed by atoms with Crippen molar-refractivity contribution < 1.29 is 14.3 Å². The molecule has 2 aromatic rings. The van der Waals surface area contributed by atoms with Gasteiger partial charge in [-0.3, -0.25) is 9.59 Å². The molecule has 0 aromatic heterocycles. The molecule has 21 heavy (non-hydrogen) atoms. The molecule has 0 heterocycles. The number of Topliss-reactive ketones (excluding diaryl/α,β-unsaturated/α-hetero) is 1. The zero-order chi connectivity index (χ0) is 15.2. The van der Waals surface area contributed by atoms with Gasteiger partial charge in [0.15, 0.2) is 11.6 Å². The first-order valence-electron chi connectivity index (χ1n) is 6.93. The first-order chi connectivity index (χ1) is 10.1. The van der Waals surface area contributed by atoms with Crippen molar-refractivity contribution in [1.29, 1.82) is 0 Å². The molecule has 0 spiro atoms. The molecule has 0 fully saturated rings. The third kappa shape index (κ3) is 4.02. The summed E-state index contributed by atoms with van der Waals surface area (Å²) in [7, 11) is 0.